The van der Waals surface area contributed by atoms with Crippen molar-refractivity contribution in [2.45, 2.75) is 18.2 Å². The maximum absolute atomic E-state index is 14.4. The standard InChI is InChI=1S/C25H22FN7O2S/c1-15-6-9-18(13-22(15)36(27,34)35)30-25-28-14-19(26)24(33-25)29-17-10-7-16(8-11-17)12-23-31-20-4-2-3-5-21(20)32-23/h2-11,13-14H,12H2,1H3,(H,31,32)(H2,27,34,35)(H2,28,29,30,33). The quantitative estimate of drug-likeness (QED) is 0.256. The van der Waals surface area contributed by atoms with E-state index in [2.05, 4.69) is 30.6 Å². The number of anilines is 4. The molecule has 9 nitrogen and oxygen atoms in total. The molecular weight excluding hydrogens is 481 g/mol. The highest BCUT2D eigenvalue weighted by Gasteiger charge is 2.14. The minimum Gasteiger partial charge on any atom is -0.342 e. The van der Waals surface area contributed by atoms with Crippen LogP contribution in [0.25, 0.3) is 11.0 Å². The van der Waals surface area contributed by atoms with Crippen molar-refractivity contribution in [3.05, 3.63) is 95.7 Å². The summed E-state index contributed by atoms with van der Waals surface area (Å²) in [5.74, 6) is 0.276. The highest BCUT2D eigenvalue weighted by molar-refractivity contribution is 7.89. The third-order valence-electron chi connectivity index (χ3n) is 5.52. The normalized spacial score (nSPS) is 11.5. The molecule has 5 aromatic rings. The summed E-state index contributed by atoms with van der Waals surface area (Å²) in [5.41, 5.74) is 4.49. The second-order valence-corrected chi connectivity index (χ2v) is 9.77. The van der Waals surface area contributed by atoms with Gasteiger partial charge in [0.2, 0.25) is 16.0 Å². The van der Waals surface area contributed by atoms with Gasteiger partial charge >= 0.3 is 0 Å². The smallest absolute Gasteiger partial charge is 0.238 e. The number of halogens is 1. The molecule has 0 bridgehead atoms. The number of rotatable bonds is 7. The Morgan fingerprint density at radius 2 is 1.72 bits per heavy atom. The molecular formula is C25H22FN7O2S. The number of para-hydroxylation sites is 2. The van der Waals surface area contributed by atoms with Crippen molar-refractivity contribution in [2.75, 3.05) is 10.6 Å². The van der Waals surface area contributed by atoms with Gasteiger partial charge in [0.25, 0.3) is 0 Å². The molecule has 0 unspecified atom stereocenters. The predicted octanol–water partition coefficient (Wildman–Crippen LogP) is 4.53. The van der Waals surface area contributed by atoms with E-state index >= 15 is 0 Å². The Kier molecular flexibility index (Phi) is 6.08. The molecule has 11 heteroatoms. The zero-order chi connectivity index (χ0) is 25.3. The zero-order valence-electron chi connectivity index (χ0n) is 19.2. The number of primary sulfonamides is 1. The monoisotopic (exact) mass is 503 g/mol. The van der Waals surface area contributed by atoms with E-state index in [0.717, 1.165) is 28.6 Å². The third kappa shape index (κ3) is 5.16. The van der Waals surface area contributed by atoms with Gasteiger partial charge in [-0.25, -0.2) is 27.9 Å². The molecule has 0 atom stereocenters. The van der Waals surface area contributed by atoms with Crippen LogP contribution in [0.2, 0.25) is 0 Å². The molecule has 0 aliphatic heterocycles. The molecule has 36 heavy (non-hydrogen) atoms. The number of nitrogens with zero attached hydrogens (tertiary/aromatic N) is 3. The summed E-state index contributed by atoms with van der Waals surface area (Å²) in [6.45, 7) is 1.64. The molecule has 0 saturated carbocycles. The lowest BCUT2D eigenvalue weighted by Gasteiger charge is -2.11. The number of aryl methyl sites for hydroxylation is 1. The first-order valence-corrected chi connectivity index (χ1v) is 12.5. The molecule has 5 rings (SSSR count). The number of benzene rings is 3. The van der Waals surface area contributed by atoms with Gasteiger partial charge in [-0.1, -0.05) is 30.3 Å². The number of aromatic amines is 1. The topological polar surface area (TPSA) is 139 Å². The van der Waals surface area contributed by atoms with Crippen molar-refractivity contribution >= 4 is 44.2 Å². The van der Waals surface area contributed by atoms with Crippen molar-refractivity contribution < 1.29 is 12.8 Å². The molecule has 3 aromatic carbocycles. The van der Waals surface area contributed by atoms with E-state index in [1.54, 1.807) is 19.1 Å². The molecule has 2 heterocycles. The Bertz CT molecular complexity index is 1640. The maximum Gasteiger partial charge on any atom is 0.238 e. The molecule has 5 N–H and O–H groups in total. The largest absolute Gasteiger partial charge is 0.342 e. The van der Waals surface area contributed by atoms with Crippen LogP contribution in [0.3, 0.4) is 0 Å². The van der Waals surface area contributed by atoms with Gasteiger partial charge < -0.3 is 15.6 Å². The molecule has 0 fully saturated rings. The summed E-state index contributed by atoms with van der Waals surface area (Å²) in [4.78, 5) is 16.0. The van der Waals surface area contributed by atoms with Crippen LogP contribution in [0.15, 0.2) is 77.8 Å². The number of sulfonamides is 1. The molecule has 0 aliphatic rings. The van der Waals surface area contributed by atoms with Gasteiger partial charge in [-0.3, -0.25) is 0 Å². The number of hydrogen-bond donors (Lipinski definition) is 4. The van der Waals surface area contributed by atoms with Gasteiger partial charge in [0.15, 0.2) is 11.6 Å². The molecule has 2 aromatic heterocycles. The van der Waals surface area contributed by atoms with Crippen LogP contribution in [0.4, 0.5) is 27.5 Å². The Morgan fingerprint density at radius 3 is 2.47 bits per heavy atom. The Balaban J connectivity index is 1.30. The van der Waals surface area contributed by atoms with Crippen LogP contribution in [-0.2, 0) is 16.4 Å². The number of H-pyrrole nitrogens is 1. The number of nitrogens with two attached hydrogens (primary N) is 1. The number of imidazole rings is 1. The first-order valence-electron chi connectivity index (χ1n) is 11.0. The van der Waals surface area contributed by atoms with Gasteiger partial charge in [-0.05, 0) is 54.4 Å². The Hall–Kier alpha value is -4.35. The second-order valence-electron chi connectivity index (χ2n) is 8.24. The van der Waals surface area contributed by atoms with E-state index in [1.165, 1.54) is 6.07 Å². The van der Waals surface area contributed by atoms with Crippen LogP contribution in [0.5, 0.6) is 0 Å². The molecule has 0 spiro atoms. The van der Waals surface area contributed by atoms with Crippen LogP contribution in [-0.4, -0.2) is 28.4 Å². The number of hydrogen-bond acceptors (Lipinski definition) is 7. The summed E-state index contributed by atoms with van der Waals surface area (Å²) >= 11 is 0. The van der Waals surface area contributed by atoms with Gasteiger partial charge in [-0.15, -0.1) is 0 Å². The van der Waals surface area contributed by atoms with Crippen LogP contribution in [0, 0.1) is 12.7 Å². The average Bonchev–Trinajstić information content (AvgIpc) is 3.25. The summed E-state index contributed by atoms with van der Waals surface area (Å²) in [6.07, 6.45) is 1.66. The van der Waals surface area contributed by atoms with E-state index < -0.39 is 15.8 Å². The van der Waals surface area contributed by atoms with Crippen LogP contribution >= 0.6 is 0 Å². The van der Waals surface area contributed by atoms with E-state index in [-0.39, 0.29) is 16.7 Å². The van der Waals surface area contributed by atoms with Crippen LogP contribution in [0.1, 0.15) is 17.0 Å². The Morgan fingerprint density at radius 1 is 0.972 bits per heavy atom. The first kappa shape index (κ1) is 23.4. The lowest BCUT2D eigenvalue weighted by Crippen LogP contribution is -2.14. The van der Waals surface area contributed by atoms with Gasteiger partial charge in [0.05, 0.1) is 22.1 Å². The predicted molar refractivity (Wildman–Crippen MR) is 136 cm³/mol. The second kappa shape index (κ2) is 9.36. The van der Waals surface area contributed by atoms with Gasteiger partial charge in [0.1, 0.15) is 5.82 Å². The SMILES string of the molecule is Cc1ccc(Nc2ncc(F)c(Nc3ccc(Cc4nc5ccccc5[nH]4)cc3)n2)cc1S(N)(=O)=O. The molecule has 0 radical (unpaired) electrons. The summed E-state index contributed by atoms with van der Waals surface area (Å²) in [6, 6.07) is 20.0. The minimum absolute atomic E-state index is 0.0179. The average molecular weight is 504 g/mol. The van der Waals surface area contributed by atoms with E-state index in [1.807, 2.05) is 48.5 Å². The zero-order valence-corrected chi connectivity index (χ0v) is 20.0. The first-order chi connectivity index (χ1) is 17.2. The van der Waals surface area contributed by atoms with E-state index in [0.29, 0.717) is 23.4 Å². The fourth-order valence-electron chi connectivity index (χ4n) is 3.75. The minimum atomic E-state index is -3.89. The van der Waals surface area contributed by atoms with Gasteiger partial charge in [0, 0.05) is 17.8 Å². The van der Waals surface area contributed by atoms with Crippen molar-refractivity contribution in [3.63, 3.8) is 0 Å². The highest BCUT2D eigenvalue weighted by Crippen LogP contribution is 2.24. The van der Waals surface area contributed by atoms with E-state index in [9.17, 15) is 12.8 Å². The van der Waals surface area contributed by atoms with Crippen molar-refractivity contribution in [3.8, 4) is 0 Å². The van der Waals surface area contributed by atoms with Gasteiger partial charge in [-0.2, -0.15) is 4.98 Å². The van der Waals surface area contributed by atoms with E-state index in [4.69, 9.17) is 5.14 Å². The number of fused-ring (bicyclic) bond motifs is 1. The fourth-order valence-corrected chi connectivity index (χ4v) is 4.56. The van der Waals surface area contributed by atoms with Crippen molar-refractivity contribution in [1.29, 1.82) is 0 Å². The fraction of sp³-hybridized carbons (Fsp3) is 0.0800. The third-order valence-corrected chi connectivity index (χ3v) is 6.57. The summed E-state index contributed by atoms with van der Waals surface area (Å²) in [7, 11) is -3.89. The van der Waals surface area contributed by atoms with Crippen LogP contribution < -0.4 is 15.8 Å². The number of aromatic nitrogens is 4. The van der Waals surface area contributed by atoms with Crippen molar-refractivity contribution in [2.24, 2.45) is 5.14 Å². The maximum atomic E-state index is 14.4. The lowest BCUT2D eigenvalue weighted by atomic mass is 10.1. The molecule has 182 valence electrons. The summed E-state index contributed by atoms with van der Waals surface area (Å²) in [5, 5.41) is 11.1. The molecule has 0 aliphatic carbocycles. The van der Waals surface area contributed by atoms with Crippen molar-refractivity contribution in [1.82, 2.24) is 19.9 Å². The lowest BCUT2D eigenvalue weighted by molar-refractivity contribution is 0.597. The molecule has 0 amide bonds. The summed E-state index contributed by atoms with van der Waals surface area (Å²) < 4.78 is 38.0. The Labute approximate surface area is 206 Å². The molecule has 0 saturated heterocycles. The highest BCUT2D eigenvalue weighted by atomic mass is 32.2. The number of nitrogens with one attached hydrogen (secondary N) is 3.